The number of nitrogens with two attached hydrogens (primary N) is 1. The normalized spacial score (nSPS) is 11.9. The molecule has 4 nitrogen and oxygen atoms in total. The van der Waals surface area contributed by atoms with Crippen LogP contribution in [0.2, 0.25) is 0 Å². The molecule has 0 bridgehead atoms. The van der Waals surface area contributed by atoms with E-state index in [2.05, 4.69) is 41.5 Å². The molecule has 0 fully saturated rings. The third-order valence-corrected chi connectivity index (χ3v) is 3.27. The molecule has 1 heterocycles. The van der Waals surface area contributed by atoms with Crippen molar-refractivity contribution < 1.29 is 4.74 Å². The fourth-order valence-corrected chi connectivity index (χ4v) is 2.14. The van der Waals surface area contributed by atoms with E-state index in [0.717, 1.165) is 18.7 Å². The van der Waals surface area contributed by atoms with Crippen LogP contribution in [0.5, 0.6) is 5.88 Å². The molecule has 1 aromatic carbocycles. The SMILES string of the molecule is CCOc1nc(NC(C)CCc2ccccc2)ccc1N. The Morgan fingerprint density at radius 1 is 1.19 bits per heavy atom. The standard InChI is InChI=1S/C17H23N3O/c1-3-21-17-15(18)11-12-16(20-17)19-13(2)9-10-14-7-5-4-6-8-14/h4-8,11-13H,3,9-10,18H2,1-2H3,(H,19,20). The molecule has 0 aliphatic rings. The van der Waals surface area contributed by atoms with Crippen molar-refractivity contribution in [2.45, 2.75) is 32.7 Å². The summed E-state index contributed by atoms with van der Waals surface area (Å²) in [6, 6.07) is 14.5. The maximum Gasteiger partial charge on any atom is 0.239 e. The van der Waals surface area contributed by atoms with Crippen molar-refractivity contribution in [3.63, 3.8) is 0 Å². The number of ether oxygens (including phenoxy) is 1. The molecule has 0 amide bonds. The summed E-state index contributed by atoms with van der Waals surface area (Å²) in [5, 5.41) is 3.39. The Morgan fingerprint density at radius 2 is 1.95 bits per heavy atom. The quantitative estimate of drug-likeness (QED) is 0.817. The largest absolute Gasteiger partial charge is 0.476 e. The van der Waals surface area contributed by atoms with Crippen molar-refractivity contribution in [2.24, 2.45) is 0 Å². The van der Waals surface area contributed by atoms with E-state index < -0.39 is 0 Å². The first-order valence-electron chi connectivity index (χ1n) is 7.38. The fraction of sp³-hybridized carbons (Fsp3) is 0.353. The Balaban J connectivity index is 1.90. The van der Waals surface area contributed by atoms with Gasteiger partial charge in [-0.3, -0.25) is 0 Å². The number of anilines is 2. The predicted octanol–water partition coefficient (Wildman–Crippen LogP) is 3.50. The molecular weight excluding hydrogens is 262 g/mol. The third-order valence-electron chi connectivity index (χ3n) is 3.27. The Labute approximate surface area is 126 Å². The number of benzene rings is 1. The summed E-state index contributed by atoms with van der Waals surface area (Å²) in [5.74, 6) is 1.30. The van der Waals surface area contributed by atoms with E-state index in [4.69, 9.17) is 10.5 Å². The lowest BCUT2D eigenvalue weighted by Gasteiger charge is -2.15. The Morgan fingerprint density at radius 3 is 2.67 bits per heavy atom. The van der Waals surface area contributed by atoms with Crippen molar-refractivity contribution >= 4 is 11.5 Å². The van der Waals surface area contributed by atoms with Crippen molar-refractivity contribution in [3.8, 4) is 5.88 Å². The highest BCUT2D eigenvalue weighted by Crippen LogP contribution is 2.21. The van der Waals surface area contributed by atoms with Gasteiger partial charge in [-0.25, -0.2) is 0 Å². The first kappa shape index (κ1) is 15.2. The van der Waals surface area contributed by atoms with Gasteiger partial charge in [0.05, 0.1) is 12.3 Å². The van der Waals surface area contributed by atoms with Gasteiger partial charge in [-0.2, -0.15) is 4.98 Å². The number of rotatable bonds is 7. The molecule has 1 unspecified atom stereocenters. The average molecular weight is 285 g/mol. The van der Waals surface area contributed by atoms with Gasteiger partial charge in [0.2, 0.25) is 5.88 Å². The van der Waals surface area contributed by atoms with E-state index in [1.807, 2.05) is 25.1 Å². The molecule has 4 heteroatoms. The maximum absolute atomic E-state index is 5.83. The number of nitrogens with zero attached hydrogens (tertiary/aromatic N) is 1. The zero-order chi connectivity index (χ0) is 15.1. The molecule has 0 saturated heterocycles. The Kier molecular flexibility index (Phi) is 5.43. The molecule has 3 N–H and O–H groups in total. The van der Waals surface area contributed by atoms with E-state index in [0.29, 0.717) is 24.2 Å². The lowest BCUT2D eigenvalue weighted by Crippen LogP contribution is -2.17. The fourth-order valence-electron chi connectivity index (χ4n) is 2.14. The van der Waals surface area contributed by atoms with Crippen LogP contribution in [0.25, 0.3) is 0 Å². The van der Waals surface area contributed by atoms with Gasteiger partial charge in [-0.15, -0.1) is 0 Å². The molecule has 2 aromatic rings. The van der Waals surface area contributed by atoms with E-state index in [9.17, 15) is 0 Å². The number of nitrogen functional groups attached to an aromatic ring is 1. The molecule has 1 aromatic heterocycles. The summed E-state index contributed by atoms with van der Waals surface area (Å²) in [4.78, 5) is 4.40. The Hall–Kier alpha value is -2.23. The summed E-state index contributed by atoms with van der Waals surface area (Å²) in [6.07, 6.45) is 2.09. The lowest BCUT2D eigenvalue weighted by molar-refractivity contribution is 0.329. The third kappa shape index (κ3) is 4.67. The molecule has 0 aliphatic carbocycles. The van der Waals surface area contributed by atoms with Crippen LogP contribution in [0.1, 0.15) is 25.8 Å². The molecular formula is C17H23N3O. The van der Waals surface area contributed by atoms with E-state index in [-0.39, 0.29) is 0 Å². The predicted molar refractivity (Wildman–Crippen MR) is 87.7 cm³/mol. The summed E-state index contributed by atoms with van der Waals surface area (Å²) < 4.78 is 5.41. The van der Waals surface area contributed by atoms with Crippen LogP contribution in [0.3, 0.4) is 0 Å². The summed E-state index contributed by atoms with van der Waals surface area (Å²) in [7, 11) is 0. The molecule has 0 saturated carbocycles. The second-order valence-corrected chi connectivity index (χ2v) is 5.09. The van der Waals surface area contributed by atoms with Gasteiger partial charge < -0.3 is 15.8 Å². The van der Waals surface area contributed by atoms with Crippen LogP contribution in [0, 0.1) is 0 Å². The highest BCUT2D eigenvalue weighted by molar-refractivity contribution is 5.53. The Bertz CT molecular complexity index is 557. The van der Waals surface area contributed by atoms with Gasteiger partial charge in [0.25, 0.3) is 0 Å². The van der Waals surface area contributed by atoms with Gasteiger partial charge >= 0.3 is 0 Å². The molecule has 0 spiro atoms. The first-order valence-corrected chi connectivity index (χ1v) is 7.38. The second kappa shape index (κ2) is 7.53. The number of pyridine rings is 1. The van der Waals surface area contributed by atoms with Crippen LogP contribution in [-0.2, 0) is 6.42 Å². The number of aryl methyl sites for hydroxylation is 1. The van der Waals surface area contributed by atoms with Crippen LogP contribution in [0.4, 0.5) is 11.5 Å². The number of hydrogen-bond acceptors (Lipinski definition) is 4. The first-order chi connectivity index (χ1) is 10.2. The summed E-state index contributed by atoms with van der Waals surface area (Å²) in [5.41, 5.74) is 7.75. The van der Waals surface area contributed by atoms with E-state index >= 15 is 0 Å². The average Bonchev–Trinajstić information content (AvgIpc) is 2.50. The van der Waals surface area contributed by atoms with Crippen molar-refractivity contribution in [1.29, 1.82) is 0 Å². The molecule has 2 rings (SSSR count). The van der Waals surface area contributed by atoms with E-state index in [1.165, 1.54) is 5.56 Å². The number of aromatic nitrogens is 1. The number of nitrogens with one attached hydrogen (secondary N) is 1. The molecule has 1 atom stereocenters. The van der Waals surface area contributed by atoms with Gasteiger partial charge in [0, 0.05) is 6.04 Å². The number of hydrogen-bond donors (Lipinski definition) is 2. The second-order valence-electron chi connectivity index (χ2n) is 5.09. The molecule has 112 valence electrons. The van der Waals surface area contributed by atoms with Crippen molar-refractivity contribution in [2.75, 3.05) is 17.7 Å². The minimum Gasteiger partial charge on any atom is -0.476 e. The van der Waals surface area contributed by atoms with Crippen LogP contribution >= 0.6 is 0 Å². The van der Waals surface area contributed by atoms with Crippen molar-refractivity contribution in [1.82, 2.24) is 4.98 Å². The maximum atomic E-state index is 5.83. The zero-order valence-corrected chi connectivity index (χ0v) is 12.7. The van der Waals surface area contributed by atoms with Crippen LogP contribution < -0.4 is 15.8 Å². The minimum absolute atomic E-state index is 0.329. The lowest BCUT2D eigenvalue weighted by atomic mass is 10.1. The van der Waals surface area contributed by atoms with E-state index in [1.54, 1.807) is 0 Å². The van der Waals surface area contributed by atoms with Crippen LogP contribution in [0.15, 0.2) is 42.5 Å². The van der Waals surface area contributed by atoms with Gasteiger partial charge in [0.15, 0.2) is 0 Å². The molecule has 0 radical (unpaired) electrons. The monoisotopic (exact) mass is 285 g/mol. The molecule has 0 aliphatic heterocycles. The minimum atomic E-state index is 0.329. The van der Waals surface area contributed by atoms with Gasteiger partial charge in [-0.05, 0) is 44.4 Å². The van der Waals surface area contributed by atoms with Crippen molar-refractivity contribution in [3.05, 3.63) is 48.0 Å². The van der Waals surface area contributed by atoms with Gasteiger partial charge in [0.1, 0.15) is 5.82 Å². The summed E-state index contributed by atoms with van der Waals surface area (Å²) >= 11 is 0. The molecule has 21 heavy (non-hydrogen) atoms. The highest BCUT2D eigenvalue weighted by Gasteiger charge is 2.07. The highest BCUT2D eigenvalue weighted by atomic mass is 16.5. The van der Waals surface area contributed by atoms with Gasteiger partial charge in [-0.1, -0.05) is 30.3 Å². The topological polar surface area (TPSA) is 60.2 Å². The zero-order valence-electron chi connectivity index (χ0n) is 12.7. The van der Waals surface area contributed by atoms with Crippen LogP contribution in [-0.4, -0.2) is 17.6 Å². The smallest absolute Gasteiger partial charge is 0.239 e. The summed E-state index contributed by atoms with van der Waals surface area (Å²) in [6.45, 7) is 4.63.